The molecule has 0 saturated heterocycles. The quantitative estimate of drug-likeness (QED) is 0.668. The van der Waals surface area contributed by atoms with Crippen molar-refractivity contribution in [3.05, 3.63) is 35.7 Å². The van der Waals surface area contributed by atoms with Crippen molar-refractivity contribution in [1.29, 1.82) is 0 Å². The number of nitrogens with zero attached hydrogens (tertiary/aromatic N) is 1. The molecular weight excluding hydrogens is 364 g/mol. The molecule has 5 heteroatoms. The van der Waals surface area contributed by atoms with Crippen LogP contribution in [-0.2, 0) is 11.2 Å². The van der Waals surface area contributed by atoms with Crippen molar-refractivity contribution in [1.82, 2.24) is 9.97 Å². The van der Waals surface area contributed by atoms with Crippen LogP contribution in [0.25, 0.3) is 11.4 Å². The highest BCUT2D eigenvalue weighted by atomic mass is 16.5. The van der Waals surface area contributed by atoms with E-state index in [2.05, 4.69) is 9.97 Å². The van der Waals surface area contributed by atoms with Gasteiger partial charge in [-0.3, -0.25) is 0 Å². The molecule has 0 unspecified atom stereocenters. The number of aryl methyl sites for hydroxylation is 1. The first kappa shape index (κ1) is 18.7. The number of carbonyl (C=O) groups is 1. The van der Waals surface area contributed by atoms with Crippen molar-refractivity contribution in [2.45, 2.75) is 58.3 Å². The van der Waals surface area contributed by atoms with E-state index < -0.39 is 0 Å². The molecule has 0 atom stereocenters. The Bertz CT molecular complexity index is 864. The second kappa shape index (κ2) is 7.19. The van der Waals surface area contributed by atoms with Gasteiger partial charge in [0.1, 0.15) is 11.6 Å². The minimum atomic E-state index is -0.353. The summed E-state index contributed by atoms with van der Waals surface area (Å²) in [6, 6.07) is 6.89. The normalized spacial score (nSPS) is 29.9. The first-order valence-electron chi connectivity index (χ1n) is 11.1. The van der Waals surface area contributed by atoms with Gasteiger partial charge in [0.25, 0.3) is 0 Å². The summed E-state index contributed by atoms with van der Waals surface area (Å²) in [4.78, 5) is 20.5. The maximum absolute atomic E-state index is 12.5. The molecule has 5 nitrogen and oxygen atoms in total. The SMILES string of the molecule is CCOC(=O)c1nc(-c2ccc(O)cc2)[nH]c1CCC12CC3CC(CC(C3)C1)C2. The number of esters is 1. The topological polar surface area (TPSA) is 75.2 Å². The molecule has 2 aromatic rings. The Labute approximate surface area is 171 Å². The maximum atomic E-state index is 12.5. The second-order valence-corrected chi connectivity index (χ2v) is 9.60. The summed E-state index contributed by atoms with van der Waals surface area (Å²) in [5, 5.41) is 9.55. The van der Waals surface area contributed by atoms with Gasteiger partial charge in [-0.1, -0.05) is 0 Å². The zero-order valence-electron chi connectivity index (χ0n) is 17.1. The van der Waals surface area contributed by atoms with Crippen LogP contribution in [0.2, 0.25) is 0 Å². The van der Waals surface area contributed by atoms with Gasteiger partial charge in [0.2, 0.25) is 0 Å². The first-order valence-corrected chi connectivity index (χ1v) is 11.1. The number of rotatable bonds is 6. The van der Waals surface area contributed by atoms with Crippen LogP contribution >= 0.6 is 0 Å². The molecule has 0 spiro atoms. The largest absolute Gasteiger partial charge is 0.508 e. The molecule has 0 radical (unpaired) electrons. The number of imidazole rings is 1. The number of ether oxygens (including phenoxy) is 1. The second-order valence-electron chi connectivity index (χ2n) is 9.60. The fraction of sp³-hybridized carbons (Fsp3) is 0.583. The molecule has 6 rings (SSSR count). The number of benzene rings is 1. The van der Waals surface area contributed by atoms with Gasteiger partial charge in [0.15, 0.2) is 5.69 Å². The molecule has 4 aliphatic rings. The summed E-state index contributed by atoms with van der Waals surface area (Å²) < 4.78 is 5.27. The van der Waals surface area contributed by atoms with Crippen molar-refractivity contribution < 1.29 is 14.6 Å². The fourth-order valence-corrected chi connectivity index (χ4v) is 6.70. The van der Waals surface area contributed by atoms with E-state index in [1.807, 2.05) is 19.1 Å². The molecule has 0 amide bonds. The number of phenols is 1. The molecule has 4 saturated carbocycles. The predicted molar refractivity (Wildman–Crippen MR) is 111 cm³/mol. The number of hydrogen-bond acceptors (Lipinski definition) is 4. The molecule has 2 N–H and O–H groups in total. The zero-order chi connectivity index (χ0) is 20.0. The fourth-order valence-electron chi connectivity index (χ4n) is 6.70. The molecule has 4 aliphatic carbocycles. The van der Waals surface area contributed by atoms with Gasteiger partial charge in [0.05, 0.1) is 6.61 Å². The third-order valence-corrected chi connectivity index (χ3v) is 7.46. The number of aromatic nitrogens is 2. The van der Waals surface area contributed by atoms with Crippen LogP contribution in [-0.4, -0.2) is 27.7 Å². The Balaban J connectivity index is 1.39. The van der Waals surface area contributed by atoms with Crippen LogP contribution in [0.1, 0.15) is 68.1 Å². The van der Waals surface area contributed by atoms with Gasteiger partial charge in [0, 0.05) is 11.3 Å². The van der Waals surface area contributed by atoms with E-state index in [1.54, 1.807) is 12.1 Å². The van der Waals surface area contributed by atoms with Crippen LogP contribution < -0.4 is 0 Å². The number of nitrogens with one attached hydrogen (secondary N) is 1. The third-order valence-electron chi connectivity index (χ3n) is 7.46. The standard InChI is InChI=1S/C24H30N2O3/c1-2-29-23(28)21-20(25-22(26-21)18-3-5-19(27)6-4-18)7-8-24-12-15-9-16(13-24)11-17(10-15)14-24/h3-6,15-17,27H,2,7-14H2,1H3,(H,25,26). The molecule has 1 aromatic heterocycles. The molecule has 4 fully saturated rings. The zero-order valence-corrected chi connectivity index (χ0v) is 17.1. The van der Waals surface area contributed by atoms with Gasteiger partial charge < -0.3 is 14.8 Å². The summed E-state index contributed by atoms with van der Waals surface area (Å²) in [5.41, 5.74) is 2.63. The van der Waals surface area contributed by atoms with Gasteiger partial charge >= 0.3 is 5.97 Å². The van der Waals surface area contributed by atoms with E-state index in [4.69, 9.17) is 4.74 Å². The van der Waals surface area contributed by atoms with Crippen LogP contribution in [0.15, 0.2) is 24.3 Å². The van der Waals surface area contributed by atoms with Crippen molar-refractivity contribution in [2.75, 3.05) is 6.61 Å². The highest BCUT2D eigenvalue weighted by molar-refractivity contribution is 5.89. The number of hydrogen-bond donors (Lipinski definition) is 2. The van der Waals surface area contributed by atoms with Crippen LogP contribution in [0.4, 0.5) is 0 Å². The molecule has 1 aromatic carbocycles. The van der Waals surface area contributed by atoms with Crippen molar-refractivity contribution in [2.24, 2.45) is 23.2 Å². The maximum Gasteiger partial charge on any atom is 0.358 e. The van der Waals surface area contributed by atoms with E-state index in [0.717, 1.165) is 41.9 Å². The van der Waals surface area contributed by atoms with E-state index >= 15 is 0 Å². The monoisotopic (exact) mass is 394 g/mol. The van der Waals surface area contributed by atoms with E-state index in [0.29, 0.717) is 23.5 Å². The van der Waals surface area contributed by atoms with Crippen LogP contribution in [0.5, 0.6) is 5.75 Å². The molecule has 1 heterocycles. The predicted octanol–water partition coefficient (Wildman–Crippen LogP) is 5.11. The summed E-state index contributed by atoms with van der Waals surface area (Å²) in [6.07, 6.45) is 10.4. The average molecular weight is 395 g/mol. The summed E-state index contributed by atoms with van der Waals surface area (Å²) >= 11 is 0. The number of carbonyl (C=O) groups excluding carboxylic acids is 1. The smallest absolute Gasteiger partial charge is 0.358 e. The Morgan fingerprint density at radius 3 is 2.34 bits per heavy atom. The third kappa shape index (κ3) is 3.56. The molecular formula is C24H30N2O3. The highest BCUT2D eigenvalue weighted by Gasteiger charge is 2.50. The minimum Gasteiger partial charge on any atom is -0.508 e. The molecule has 0 aliphatic heterocycles. The lowest BCUT2D eigenvalue weighted by molar-refractivity contribution is -0.0571. The number of aromatic amines is 1. The Hall–Kier alpha value is -2.30. The summed E-state index contributed by atoms with van der Waals surface area (Å²) in [5.74, 6) is 3.32. The van der Waals surface area contributed by atoms with Gasteiger partial charge in [-0.15, -0.1) is 0 Å². The summed E-state index contributed by atoms with van der Waals surface area (Å²) in [7, 11) is 0. The van der Waals surface area contributed by atoms with E-state index in [9.17, 15) is 9.90 Å². The average Bonchev–Trinajstić information content (AvgIpc) is 3.11. The van der Waals surface area contributed by atoms with Gasteiger partial charge in [-0.25, -0.2) is 9.78 Å². The van der Waals surface area contributed by atoms with Gasteiger partial charge in [-0.05, 0) is 106 Å². The molecule has 154 valence electrons. The summed E-state index contributed by atoms with van der Waals surface area (Å²) in [6.45, 7) is 2.16. The lowest BCUT2D eigenvalue weighted by Gasteiger charge is -2.57. The number of aromatic hydroxyl groups is 1. The first-order chi connectivity index (χ1) is 14.0. The lowest BCUT2D eigenvalue weighted by atomic mass is 9.48. The van der Waals surface area contributed by atoms with E-state index in [1.165, 1.54) is 38.5 Å². The van der Waals surface area contributed by atoms with Gasteiger partial charge in [-0.2, -0.15) is 0 Å². The minimum absolute atomic E-state index is 0.216. The van der Waals surface area contributed by atoms with Crippen LogP contribution in [0, 0.1) is 23.2 Å². The molecule has 29 heavy (non-hydrogen) atoms. The number of H-pyrrole nitrogens is 1. The van der Waals surface area contributed by atoms with Crippen LogP contribution in [0.3, 0.4) is 0 Å². The Kier molecular flexibility index (Phi) is 4.64. The Morgan fingerprint density at radius 1 is 1.14 bits per heavy atom. The number of phenolic OH excluding ortho intramolecular Hbond substituents is 1. The van der Waals surface area contributed by atoms with Crippen molar-refractivity contribution in [3.8, 4) is 17.1 Å². The highest BCUT2D eigenvalue weighted by Crippen LogP contribution is 2.61. The van der Waals surface area contributed by atoms with E-state index in [-0.39, 0.29) is 11.7 Å². The lowest BCUT2D eigenvalue weighted by Crippen LogP contribution is -2.46. The molecule has 4 bridgehead atoms. The Morgan fingerprint density at radius 2 is 1.76 bits per heavy atom. The van der Waals surface area contributed by atoms with Crippen molar-refractivity contribution >= 4 is 5.97 Å². The van der Waals surface area contributed by atoms with Crippen molar-refractivity contribution in [3.63, 3.8) is 0 Å².